The second-order valence-electron chi connectivity index (χ2n) is 18.4. The molecule has 0 amide bonds. The van der Waals surface area contributed by atoms with Crippen molar-refractivity contribution in [3.63, 3.8) is 0 Å². The summed E-state index contributed by atoms with van der Waals surface area (Å²) < 4.78 is 58.4. The van der Waals surface area contributed by atoms with Gasteiger partial charge in [0.25, 0.3) is 0 Å². The first-order chi connectivity index (χ1) is 41.2. The van der Waals surface area contributed by atoms with E-state index in [0.29, 0.717) is 22.3 Å². The van der Waals surface area contributed by atoms with E-state index < -0.39 is 14.3 Å². The van der Waals surface area contributed by atoms with Crippen LogP contribution in [0.1, 0.15) is 7.43 Å². The maximum absolute atomic E-state index is 15.4. The van der Waals surface area contributed by atoms with Crippen LogP contribution in [-0.4, -0.2) is 39.7 Å². The van der Waals surface area contributed by atoms with Gasteiger partial charge in [-0.05, 0) is 46.0 Å². The van der Waals surface area contributed by atoms with E-state index in [1.807, 2.05) is 182 Å². The molecule has 0 spiro atoms. The molecular formula is C72H62BCl2F2KN2O5P3. The van der Waals surface area contributed by atoms with E-state index in [1.54, 1.807) is 54.9 Å². The third-order valence-corrected chi connectivity index (χ3v) is 20.8. The van der Waals surface area contributed by atoms with Gasteiger partial charge < -0.3 is 14.6 Å². The van der Waals surface area contributed by atoms with E-state index in [-0.39, 0.29) is 89.7 Å². The number of hydrogen-bond donors (Lipinski definition) is 2. The van der Waals surface area contributed by atoms with Crippen molar-refractivity contribution in [2.75, 3.05) is 5.34 Å². The Morgan fingerprint density at radius 3 is 0.852 bits per heavy atom. The Kier molecular flexibility index (Phi) is 32.0. The molecule has 88 heavy (non-hydrogen) atoms. The van der Waals surface area contributed by atoms with Crippen LogP contribution < -0.4 is 93.8 Å². The minimum Gasteiger partial charge on any atom is -0.870 e. The van der Waals surface area contributed by atoms with Crippen LogP contribution in [0, 0.1) is 11.6 Å². The van der Waals surface area contributed by atoms with Crippen molar-refractivity contribution in [2.24, 2.45) is 0 Å². The summed E-state index contributed by atoms with van der Waals surface area (Å²) in [5.41, 5.74) is 5.54. The average molecular weight is 1290 g/mol. The Labute approximate surface area is 571 Å². The van der Waals surface area contributed by atoms with Crippen LogP contribution in [-0.2, 0) is 9.13 Å². The molecule has 0 aliphatic heterocycles. The topological polar surface area (TPSA) is 130 Å². The van der Waals surface area contributed by atoms with Crippen molar-refractivity contribution >= 4 is 96.9 Å². The quantitative estimate of drug-likeness (QED) is 0.0410. The van der Waals surface area contributed by atoms with Crippen LogP contribution in [0.3, 0.4) is 0 Å². The molecule has 3 N–H and O–H groups in total. The van der Waals surface area contributed by atoms with Gasteiger partial charge in [0.1, 0.15) is 11.6 Å². The van der Waals surface area contributed by atoms with Gasteiger partial charge >= 0.3 is 51.4 Å². The second-order valence-corrected chi connectivity index (χ2v) is 26.1. The fraction of sp³-hybridized carbons (Fsp3) is 0.0278. The van der Waals surface area contributed by atoms with Gasteiger partial charge in [-0.2, -0.15) is 0 Å². The van der Waals surface area contributed by atoms with Crippen molar-refractivity contribution in [1.82, 2.24) is 9.97 Å². The van der Waals surface area contributed by atoms with Gasteiger partial charge in [0.2, 0.25) is 0 Å². The molecule has 0 saturated heterocycles. The molecule has 12 rings (SSSR count). The summed E-state index contributed by atoms with van der Waals surface area (Å²) in [5.74, 6) is -0.639. The number of pyridine rings is 2. The summed E-state index contributed by atoms with van der Waals surface area (Å²) in [4.78, 5) is 8.78. The van der Waals surface area contributed by atoms with Crippen LogP contribution in [0.25, 0.3) is 44.5 Å². The number of nitrogens with zero attached hydrogens (tertiary/aromatic N) is 2. The third-order valence-electron chi connectivity index (χ3n) is 13.3. The van der Waals surface area contributed by atoms with E-state index in [9.17, 15) is 8.78 Å². The van der Waals surface area contributed by atoms with Crippen LogP contribution in [0.15, 0.2) is 316 Å². The Balaban J connectivity index is 0.000000325. The van der Waals surface area contributed by atoms with E-state index in [1.165, 1.54) is 22.7 Å². The molecule has 0 aliphatic carbocycles. The zero-order chi connectivity index (χ0) is 59.0. The number of aromatic nitrogens is 2. The Morgan fingerprint density at radius 2 is 0.580 bits per heavy atom. The van der Waals surface area contributed by atoms with Crippen molar-refractivity contribution in [3.05, 3.63) is 328 Å². The Morgan fingerprint density at radius 1 is 0.364 bits per heavy atom. The summed E-state index contributed by atoms with van der Waals surface area (Å²) in [6, 6.07) is 92.5. The molecule has 0 fully saturated rings. The molecule has 16 heteroatoms. The molecule has 0 bridgehead atoms. The van der Waals surface area contributed by atoms with E-state index >= 15 is 9.13 Å². The monoisotopic (exact) mass is 1290 g/mol. The summed E-state index contributed by atoms with van der Waals surface area (Å²) in [6.45, 7) is 0. The second kappa shape index (κ2) is 38.1. The molecule has 12 aromatic rings. The van der Waals surface area contributed by atoms with E-state index in [4.69, 9.17) is 38.7 Å². The molecule has 0 saturated carbocycles. The number of rotatable bonds is 12. The molecule has 10 aromatic carbocycles. The van der Waals surface area contributed by atoms with Crippen molar-refractivity contribution in [2.45, 2.75) is 7.43 Å². The van der Waals surface area contributed by atoms with Gasteiger partial charge in [-0.15, -0.1) is 23.2 Å². The standard InChI is InChI=1S/C41H31NO2P2.C17H11F2N.C12H11P.CH2Cl2.CH4.B.K.H2O2.H2O/c43-45(34-17-5-1-6-18-34,35-19-7-2-8-20-35)40-27-15-13-25-38(40)32-29-33(31-42-30-32)39-26-14-16-28-41(39)46(44,36-21-9-3-10-22-36)37-23-11-4-12-24-37;18-16-7-3-1-5-14(16)12-9-13(11-20-10-12)15-6-2-4-8-17(15)19;1-3-7-11(8-4-1)13-12-9-5-2-6-10-12;2-1-3;;;;1-2;/h1-31H;1-11H;1-10,13H;1H2;1H4;;;1-2H;1H2/q;;;;;;+1;;/p-1. The fourth-order valence-electron chi connectivity index (χ4n) is 9.46. The van der Waals surface area contributed by atoms with Gasteiger partial charge in [0.05, 0.1) is 5.34 Å². The predicted octanol–water partition coefficient (Wildman–Crippen LogP) is 13.2. The largest absolute Gasteiger partial charge is 1.00 e. The minimum absolute atomic E-state index is 0. The predicted molar refractivity (Wildman–Crippen MR) is 366 cm³/mol. The van der Waals surface area contributed by atoms with Crippen LogP contribution in [0.2, 0.25) is 0 Å². The van der Waals surface area contributed by atoms with E-state index in [0.717, 1.165) is 62.7 Å². The fourth-order valence-corrected chi connectivity index (χ4v) is 16.3. The summed E-state index contributed by atoms with van der Waals surface area (Å²) >= 11 is 9.53. The van der Waals surface area contributed by atoms with Crippen LogP contribution in [0.4, 0.5) is 8.78 Å². The Hall–Kier alpha value is -6.59. The molecule has 0 unspecified atom stereocenters. The minimum atomic E-state index is -3.26. The van der Waals surface area contributed by atoms with Gasteiger partial charge in [0, 0.05) is 98.4 Å². The van der Waals surface area contributed by atoms with Gasteiger partial charge in [0.15, 0.2) is 14.3 Å². The van der Waals surface area contributed by atoms with Crippen molar-refractivity contribution in [1.29, 1.82) is 0 Å². The number of hydrogen-bond acceptors (Lipinski definition) is 7. The smallest absolute Gasteiger partial charge is 0.870 e. The average Bonchev–Trinajstić information content (AvgIpc) is 1.87. The van der Waals surface area contributed by atoms with Gasteiger partial charge in [-0.1, -0.05) is 283 Å². The van der Waals surface area contributed by atoms with Crippen molar-refractivity contribution < 1.29 is 85.3 Å². The zero-order valence-electron chi connectivity index (χ0n) is 47.3. The maximum Gasteiger partial charge on any atom is 1.00 e. The molecular weight excluding hydrogens is 1220 g/mol. The van der Waals surface area contributed by atoms with Gasteiger partial charge in [-0.25, -0.2) is 8.78 Å². The maximum atomic E-state index is 15.4. The summed E-state index contributed by atoms with van der Waals surface area (Å²) in [5, 5.41) is 19.6. The first kappa shape index (κ1) is 73.9. The number of halogens is 4. The zero-order valence-corrected chi connectivity index (χ0v) is 54.7. The molecule has 437 valence electrons. The third kappa shape index (κ3) is 18.7. The van der Waals surface area contributed by atoms with Crippen LogP contribution in [0.5, 0.6) is 0 Å². The molecule has 2 heterocycles. The number of benzene rings is 10. The molecule has 7 nitrogen and oxygen atoms in total. The van der Waals surface area contributed by atoms with E-state index in [2.05, 4.69) is 71.7 Å². The van der Waals surface area contributed by atoms with Crippen LogP contribution >= 0.6 is 46.1 Å². The molecule has 2 aromatic heterocycles. The first-order valence-corrected chi connectivity index (χ1v) is 31.9. The summed E-state index contributed by atoms with van der Waals surface area (Å²) in [6.07, 6.45) is 6.78. The molecule has 3 radical (unpaired) electrons. The molecule has 0 aliphatic rings. The summed E-state index contributed by atoms with van der Waals surface area (Å²) in [7, 11) is -5.73. The SMILES string of the molecule is C.ClCCl.Fc1ccccc1-c1cncc(-c2ccccc2F)c1.O=P(c1ccccc1)(c1ccccc1)c1ccccc1-c1cncc(-c2ccccc2P(=O)(c2ccccc2)c2ccccc2)c1.OO.[B].[K+].[OH-].c1ccc(Pc2ccccc2)cc1. The first-order valence-electron chi connectivity index (χ1n) is 26.4. The normalized spacial score (nSPS) is 10.2. The molecule has 0 atom stereocenters. The number of alkyl halides is 2. The van der Waals surface area contributed by atoms with Crippen molar-refractivity contribution in [3.8, 4) is 44.5 Å². The van der Waals surface area contributed by atoms with Gasteiger partial charge in [-0.3, -0.25) is 20.5 Å². The Bertz CT molecular complexity index is 3750.